The van der Waals surface area contributed by atoms with Crippen LogP contribution in [0, 0.1) is 0 Å². The predicted molar refractivity (Wildman–Crippen MR) is 59.3 cm³/mol. The Morgan fingerprint density at radius 2 is 2.20 bits per heavy atom. The third kappa shape index (κ3) is 2.33. The van der Waals surface area contributed by atoms with Crippen molar-refractivity contribution in [3.8, 4) is 11.5 Å². The van der Waals surface area contributed by atoms with Crippen LogP contribution < -0.4 is 15.2 Å². The van der Waals surface area contributed by atoms with Crippen LogP contribution in [0.3, 0.4) is 0 Å². The second kappa shape index (κ2) is 3.98. The number of ether oxygens (including phenoxy) is 2. The van der Waals surface area contributed by atoms with Crippen molar-refractivity contribution in [3.63, 3.8) is 0 Å². The highest BCUT2D eigenvalue weighted by Gasteiger charge is 2.21. The smallest absolute Gasteiger partial charge is 0.163 e. The van der Waals surface area contributed by atoms with Gasteiger partial charge in [0, 0.05) is 18.3 Å². The first-order valence-corrected chi connectivity index (χ1v) is 4.99. The molecule has 0 fully saturated rings. The molecule has 15 heavy (non-hydrogen) atoms. The molecule has 1 aliphatic heterocycles. The number of hydrogen-bond acceptors (Lipinski definition) is 4. The average molecular weight is 208 g/mol. The highest BCUT2D eigenvalue weighted by atomic mass is 16.6. The standard InChI is InChI=1S/C11H16N2O2/c1-13(2)6-9-7-14-10-4-3-8(12)5-11(10)15-9/h3-5,9H,6-7,12H2,1-2H3. The van der Waals surface area contributed by atoms with Crippen molar-refractivity contribution < 1.29 is 9.47 Å². The quantitative estimate of drug-likeness (QED) is 0.736. The summed E-state index contributed by atoms with van der Waals surface area (Å²) in [4.78, 5) is 2.07. The van der Waals surface area contributed by atoms with Crippen molar-refractivity contribution in [1.82, 2.24) is 4.90 Å². The van der Waals surface area contributed by atoms with Crippen molar-refractivity contribution in [2.75, 3.05) is 33.0 Å². The number of hydrogen-bond donors (Lipinski definition) is 1. The molecular weight excluding hydrogens is 192 g/mol. The molecule has 1 unspecified atom stereocenters. The Bertz CT molecular complexity index is 352. The Morgan fingerprint density at radius 3 is 2.93 bits per heavy atom. The molecule has 2 rings (SSSR count). The second-order valence-corrected chi connectivity index (χ2v) is 4.02. The van der Waals surface area contributed by atoms with Crippen molar-refractivity contribution in [2.24, 2.45) is 0 Å². The lowest BCUT2D eigenvalue weighted by Crippen LogP contribution is -2.37. The molecule has 0 radical (unpaired) electrons. The third-order valence-electron chi connectivity index (χ3n) is 2.25. The molecule has 1 aliphatic rings. The second-order valence-electron chi connectivity index (χ2n) is 4.02. The molecule has 0 aliphatic carbocycles. The molecule has 82 valence electrons. The van der Waals surface area contributed by atoms with Crippen LogP contribution in [0.2, 0.25) is 0 Å². The minimum atomic E-state index is 0.0781. The number of nitrogen functional groups attached to an aromatic ring is 1. The molecular formula is C11H16N2O2. The summed E-state index contributed by atoms with van der Waals surface area (Å²) in [6.45, 7) is 1.43. The zero-order valence-electron chi connectivity index (χ0n) is 9.06. The molecule has 1 aromatic carbocycles. The number of benzene rings is 1. The van der Waals surface area contributed by atoms with E-state index in [1.807, 2.05) is 26.2 Å². The molecule has 2 N–H and O–H groups in total. The van der Waals surface area contributed by atoms with Gasteiger partial charge in [-0.15, -0.1) is 0 Å². The number of fused-ring (bicyclic) bond motifs is 1. The number of likely N-dealkylation sites (N-methyl/N-ethyl adjacent to an activating group) is 1. The van der Waals surface area contributed by atoms with Gasteiger partial charge < -0.3 is 20.1 Å². The van der Waals surface area contributed by atoms with Crippen LogP contribution in [0.5, 0.6) is 11.5 Å². The van der Waals surface area contributed by atoms with Gasteiger partial charge in [-0.1, -0.05) is 0 Å². The normalized spacial score (nSPS) is 19.3. The van der Waals surface area contributed by atoms with Crippen LogP contribution in [-0.2, 0) is 0 Å². The van der Waals surface area contributed by atoms with Crippen LogP contribution in [-0.4, -0.2) is 38.3 Å². The van der Waals surface area contributed by atoms with Crippen LogP contribution in [0.25, 0.3) is 0 Å². The van der Waals surface area contributed by atoms with Gasteiger partial charge in [0.2, 0.25) is 0 Å². The number of rotatable bonds is 2. The summed E-state index contributed by atoms with van der Waals surface area (Å²) < 4.78 is 11.4. The average Bonchev–Trinajstić information content (AvgIpc) is 2.16. The molecule has 0 spiro atoms. The zero-order valence-corrected chi connectivity index (χ0v) is 9.06. The predicted octanol–water partition coefficient (Wildman–Crippen LogP) is 0.970. The van der Waals surface area contributed by atoms with Crippen molar-refractivity contribution in [3.05, 3.63) is 18.2 Å². The molecule has 1 aromatic rings. The summed E-state index contributed by atoms with van der Waals surface area (Å²) in [6.07, 6.45) is 0.0781. The number of anilines is 1. The Labute approximate surface area is 89.6 Å². The van der Waals surface area contributed by atoms with E-state index in [0.29, 0.717) is 12.3 Å². The van der Waals surface area contributed by atoms with Crippen LogP contribution in [0.1, 0.15) is 0 Å². The first-order valence-electron chi connectivity index (χ1n) is 4.99. The summed E-state index contributed by atoms with van der Waals surface area (Å²) in [5, 5.41) is 0. The SMILES string of the molecule is CN(C)CC1COc2ccc(N)cc2O1. The summed E-state index contributed by atoms with van der Waals surface area (Å²) >= 11 is 0. The van der Waals surface area contributed by atoms with Gasteiger partial charge in [-0.25, -0.2) is 0 Å². The van der Waals surface area contributed by atoms with Gasteiger partial charge in [0.15, 0.2) is 11.5 Å². The van der Waals surface area contributed by atoms with E-state index in [-0.39, 0.29) is 6.10 Å². The zero-order chi connectivity index (χ0) is 10.8. The van der Waals surface area contributed by atoms with E-state index in [1.165, 1.54) is 0 Å². The molecule has 0 saturated carbocycles. The van der Waals surface area contributed by atoms with Crippen LogP contribution in [0.15, 0.2) is 18.2 Å². The Morgan fingerprint density at radius 1 is 1.40 bits per heavy atom. The number of nitrogens with zero attached hydrogens (tertiary/aromatic N) is 1. The fourth-order valence-corrected chi connectivity index (χ4v) is 1.63. The summed E-state index contributed by atoms with van der Waals surface area (Å²) in [5.41, 5.74) is 6.38. The van der Waals surface area contributed by atoms with E-state index < -0.39 is 0 Å². The van der Waals surface area contributed by atoms with Gasteiger partial charge in [-0.05, 0) is 26.2 Å². The van der Waals surface area contributed by atoms with Gasteiger partial charge in [0.25, 0.3) is 0 Å². The maximum Gasteiger partial charge on any atom is 0.163 e. The van der Waals surface area contributed by atoms with Crippen molar-refractivity contribution in [1.29, 1.82) is 0 Å². The van der Waals surface area contributed by atoms with E-state index in [0.717, 1.165) is 18.0 Å². The lowest BCUT2D eigenvalue weighted by molar-refractivity contribution is 0.0711. The van der Waals surface area contributed by atoms with E-state index in [1.54, 1.807) is 6.07 Å². The first kappa shape index (κ1) is 10.1. The van der Waals surface area contributed by atoms with E-state index in [4.69, 9.17) is 15.2 Å². The van der Waals surface area contributed by atoms with E-state index >= 15 is 0 Å². The summed E-state index contributed by atoms with van der Waals surface area (Å²) in [5.74, 6) is 1.52. The molecule has 0 aromatic heterocycles. The third-order valence-corrected chi connectivity index (χ3v) is 2.25. The van der Waals surface area contributed by atoms with Gasteiger partial charge in [-0.3, -0.25) is 0 Å². The molecule has 1 atom stereocenters. The molecule has 0 bridgehead atoms. The highest BCUT2D eigenvalue weighted by Crippen LogP contribution is 2.33. The van der Waals surface area contributed by atoms with Gasteiger partial charge >= 0.3 is 0 Å². The van der Waals surface area contributed by atoms with E-state index in [2.05, 4.69) is 4.90 Å². The summed E-state index contributed by atoms with van der Waals surface area (Å²) in [7, 11) is 4.02. The minimum absolute atomic E-state index is 0.0781. The Hall–Kier alpha value is -1.42. The molecule has 0 saturated heterocycles. The van der Waals surface area contributed by atoms with Crippen LogP contribution >= 0.6 is 0 Å². The fraction of sp³-hybridized carbons (Fsp3) is 0.455. The van der Waals surface area contributed by atoms with E-state index in [9.17, 15) is 0 Å². The molecule has 0 amide bonds. The maximum atomic E-state index is 5.78. The highest BCUT2D eigenvalue weighted by molar-refractivity contribution is 5.52. The first-order chi connectivity index (χ1) is 7.15. The van der Waals surface area contributed by atoms with Gasteiger partial charge in [-0.2, -0.15) is 0 Å². The Kier molecular flexibility index (Phi) is 2.68. The van der Waals surface area contributed by atoms with Crippen molar-refractivity contribution in [2.45, 2.75) is 6.10 Å². The molecule has 4 nitrogen and oxygen atoms in total. The van der Waals surface area contributed by atoms with Gasteiger partial charge in [0.1, 0.15) is 12.7 Å². The molecule has 1 heterocycles. The fourth-order valence-electron chi connectivity index (χ4n) is 1.63. The lowest BCUT2D eigenvalue weighted by atomic mass is 10.2. The number of nitrogens with two attached hydrogens (primary N) is 1. The Balaban J connectivity index is 2.11. The largest absolute Gasteiger partial charge is 0.486 e. The van der Waals surface area contributed by atoms with Crippen molar-refractivity contribution >= 4 is 5.69 Å². The summed E-state index contributed by atoms with van der Waals surface area (Å²) in [6, 6.07) is 5.46. The maximum absolute atomic E-state index is 5.78. The monoisotopic (exact) mass is 208 g/mol. The van der Waals surface area contributed by atoms with Crippen LogP contribution in [0.4, 0.5) is 5.69 Å². The topological polar surface area (TPSA) is 47.7 Å². The molecule has 4 heteroatoms. The minimum Gasteiger partial charge on any atom is -0.486 e. The van der Waals surface area contributed by atoms with Gasteiger partial charge in [0.05, 0.1) is 0 Å². The lowest BCUT2D eigenvalue weighted by Gasteiger charge is -2.28.